The molecule has 1 aliphatic carbocycles. The molecule has 2 rings (SSSR count). The molecule has 1 heterocycles. The third kappa shape index (κ3) is 2.80. The summed E-state index contributed by atoms with van der Waals surface area (Å²) in [7, 11) is 0. The van der Waals surface area contributed by atoms with Crippen LogP contribution in [0.2, 0.25) is 5.15 Å². The van der Waals surface area contributed by atoms with E-state index in [1.807, 2.05) is 0 Å². The van der Waals surface area contributed by atoms with E-state index in [2.05, 4.69) is 5.10 Å². The largest absolute Gasteiger partial charge is 0.465 e. The van der Waals surface area contributed by atoms with Crippen molar-refractivity contribution in [2.75, 3.05) is 6.61 Å². The van der Waals surface area contributed by atoms with Crippen molar-refractivity contribution >= 4 is 17.6 Å². The molecule has 1 aromatic rings. The first-order chi connectivity index (χ1) is 8.22. The Balaban J connectivity index is 2.16. The van der Waals surface area contributed by atoms with Gasteiger partial charge in [0.05, 0.1) is 12.3 Å². The molecule has 0 spiro atoms. The van der Waals surface area contributed by atoms with Gasteiger partial charge < -0.3 is 4.74 Å². The molecule has 17 heavy (non-hydrogen) atoms. The average Bonchev–Trinajstić information content (AvgIpc) is 2.51. The van der Waals surface area contributed by atoms with E-state index < -0.39 is 0 Å². The Morgan fingerprint density at radius 1 is 1.41 bits per heavy atom. The highest BCUT2D eigenvalue weighted by molar-refractivity contribution is 6.30. The molecule has 0 saturated carbocycles. The molecule has 0 radical (unpaired) electrons. The molecule has 1 aliphatic rings. The summed E-state index contributed by atoms with van der Waals surface area (Å²) in [6.07, 6.45) is 5.46. The first kappa shape index (κ1) is 12.4. The second-order valence-electron chi connectivity index (χ2n) is 4.24. The third-order valence-corrected chi connectivity index (χ3v) is 3.41. The summed E-state index contributed by atoms with van der Waals surface area (Å²) in [4.78, 5) is 11.4. The standard InChI is InChI=1S/C12H17ClN2O2/c1-2-17-11(16)8-15-12(13)9-6-4-3-5-7-10(9)14-15/h2-8H2,1H3. The van der Waals surface area contributed by atoms with Crippen LogP contribution in [0, 0.1) is 0 Å². The molecule has 0 unspecified atom stereocenters. The van der Waals surface area contributed by atoms with Gasteiger partial charge in [0.15, 0.2) is 0 Å². The van der Waals surface area contributed by atoms with Gasteiger partial charge in [-0.15, -0.1) is 0 Å². The zero-order valence-corrected chi connectivity index (χ0v) is 10.8. The first-order valence-electron chi connectivity index (χ1n) is 6.12. The average molecular weight is 257 g/mol. The Bertz CT molecular complexity index is 415. The molecule has 0 saturated heterocycles. The lowest BCUT2D eigenvalue weighted by molar-refractivity contribution is -0.144. The van der Waals surface area contributed by atoms with Gasteiger partial charge in [0.2, 0.25) is 0 Å². The molecule has 0 atom stereocenters. The van der Waals surface area contributed by atoms with Crippen LogP contribution in [0.5, 0.6) is 0 Å². The van der Waals surface area contributed by atoms with Gasteiger partial charge in [-0.05, 0) is 32.6 Å². The number of hydrogen-bond donors (Lipinski definition) is 0. The fourth-order valence-corrected chi connectivity index (χ4v) is 2.48. The second-order valence-corrected chi connectivity index (χ2v) is 4.60. The molecule has 0 fully saturated rings. The Hall–Kier alpha value is -1.03. The summed E-state index contributed by atoms with van der Waals surface area (Å²) in [5, 5.41) is 5.02. The zero-order valence-electron chi connectivity index (χ0n) is 10.0. The minimum Gasteiger partial charge on any atom is -0.465 e. The molecule has 0 aromatic carbocycles. The molecular formula is C12H17ClN2O2. The van der Waals surface area contributed by atoms with Crippen molar-refractivity contribution in [1.82, 2.24) is 9.78 Å². The second kappa shape index (κ2) is 5.54. The summed E-state index contributed by atoms with van der Waals surface area (Å²) in [6, 6.07) is 0. The SMILES string of the molecule is CCOC(=O)Cn1nc2c(c1Cl)CCCCC2. The molecule has 1 aromatic heterocycles. The topological polar surface area (TPSA) is 44.1 Å². The number of ether oxygens (including phenoxy) is 1. The van der Waals surface area contributed by atoms with E-state index in [-0.39, 0.29) is 12.5 Å². The number of esters is 1. The molecular weight excluding hydrogens is 240 g/mol. The van der Waals surface area contributed by atoms with Crippen LogP contribution in [0.4, 0.5) is 0 Å². The number of nitrogens with zero attached hydrogens (tertiary/aromatic N) is 2. The van der Waals surface area contributed by atoms with Crippen LogP contribution >= 0.6 is 11.6 Å². The maximum Gasteiger partial charge on any atom is 0.327 e. The number of aryl methyl sites for hydroxylation is 1. The van der Waals surface area contributed by atoms with Crippen LogP contribution in [-0.4, -0.2) is 22.4 Å². The summed E-state index contributed by atoms with van der Waals surface area (Å²) < 4.78 is 6.46. The number of hydrogen-bond acceptors (Lipinski definition) is 3. The van der Waals surface area contributed by atoms with Gasteiger partial charge in [-0.3, -0.25) is 4.79 Å². The fraction of sp³-hybridized carbons (Fsp3) is 0.667. The number of carbonyl (C=O) groups excluding carboxylic acids is 1. The highest BCUT2D eigenvalue weighted by Crippen LogP contribution is 2.26. The van der Waals surface area contributed by atoms with Crippen LogP contribution in [0.25, 0.3) is 0 Å². The van der Waals surface area contributed by atoms with Crippen LogP contribution in [0.1, 0.15) is 37.4 Å². The molecule has 94 valence electrons. The predicted octanol–water partition coefficient (Wildman–Crippen LogP) is 2.37. The monoisotopic (exact) mass is 256 g/mol. The lowest BCUT2D eigenvalue weighted by atomic mass is 10.1. The molecule has 5 heteroatoms. The number of rotatable bonds is 3. The summed E-state index contributed by atoms with van der Waals surface area (Å²) in [5.41, 5.74) is 2.17. The number of carbonyl (C=O) groups is 1. The van der Waals surface area contributed by atoms with E-state index in [9.17, 15) is 4.79 Å². The van der Waals surface area contributed by atoms with Gasteiger partial charge in [-0.1, -0.05) is 18.0 Å². The van der Waals surface area contributed by atoms with Crippen LogP contribution in [-0.2, 0) is 28.9 Å². The minimum absolute atomic E-state index is 0.111. The first-order valence-corrected chi connectivity index (χ1v) is 6.50. The van der Waals surface area contributed by atoms with E-state index in [0.717, 1.165) is 36.9 Å². The summed E-state index contributed by atoms with van der Waals surface area (Å²) in [5.74, 6) is -0.285. The number of fused-ring (bicyclic) bond motifs is 1. The van der Waals surface area contributed by atoms with Gasteiger partial charge in [-0.2, -0.15) is 5.10 Å². The number of aromatic nitrogens is 2. The predicted molar refractivity (Wildman–Crippen MR) is 65.1 cm³/mol. The van der Waals surface area contributed by atoms with Gasteiger partial charge in [0, 0.05) is 5.56 Å². The lowest BCUT2D eigenvalue weighted by Gasteiger charge is -2.03. The molecule has 0 aliphatic heterocycles. The van der Waals surface area contributed by atoms with E-state index in [0.29, 0.717) is 11.8 Å². The summed E-state index contributed by atoms with van der Waals surface area (Å²) in [6.45, 7) is 2.29. The normalized spacial score (nSPS) is 15.2. The van der Waals surface area contributed by atoms with E-state index in [4.69, 9.17) is 16.3 Å². The van der Waals surface area contributed by atoms with Crippen molar-refractivity contribution < 1.29 is 9.53 Å². The smallest absolute Gasteiger partial charge is 0.327 e. The van der Waals surface area contributed by atoms with Crippen molar-refractivity contribution in [3.8, 4) is 0 Å². The van der Waals surface area contributed by atoms with E-state index in [1.165, 1.54) is 6.42 Å². The van der Waals surface area contributed by atoms with Crippen molar-refractivity contribution in [2.24, 2.45) is 0 Å². The maximum atomic E-state index is 11.4. The van der Waals surface area contributed by atoms with Crippen molar-refractivity contribution in [2.45, 2.75) is 45.6 Å². The molecule has 0 bridgehead atoms. The Kier molecular flexibility index (Phi) is 4.05. The van der Waals surface area contributed by atoms with E-state index in [1.54, 1.807) is 11.6 Å². The van der Waals surface area contributed by atoms with Crippen LogP contribution in [0.3, 0.4) is 0 Å². The Morgan fingerprint density at radius 3 is 2.94 bits per heavy atom. The highest BCUT2D eigenvalue weighted by Gasteiger charge is 2.19. The van der Waals surface area contributed by atoms with Crippen molar-refractivity contribution in [1.29, 1.82) is 0 Å². The fourth-order valence-electron chi connectivity index (χ4n) is 2.18. The van der Waals surface area contributed by atoms with Gasteiger partial charge >= 0.3 is 5.97 Å². The molecule has 0 amide bonds. The highest BCUT2D eigenvalue weighted by atomic mass is 35.5. The molecule has 0 N–H and O–H groups in total. The Morgan fingerprint density at radius 2 is 2.18 bits per heavy atom. The number of halogens is 1. The lowest BCUT2D eigenvalue weighted by Crippen LogP contribution is -2.14. The summed E-state index contributed by atoms with van der Waals surface area (Å²) >= 11 is 6.25. The zero-order chi connectivity index (χ0) is 12.3. The maximum absolute atomic E-state index is 11.4. The van der Waals surface area contributed by atoms with Crippen molar-refractivity contribution in [3.63, 3.8) is 0 Å². The van der Waals surface area contributed by atoms with Crippen LogP contribution < -0.4 is 0 Å². The van der Waals surface area contributed by atoms with Gasteiger partial charge in [-0.25, -0.2) is 4.68 Å². The van der Waals surface area contributed by atoms with E-state index >= 15 is 0 Å². The van der Waals surface area contributed by atoms with Gasteiger partial charge in [0.25, 0.3) is 0 Å². The third-order valence-electron chi connectivity index (χ3n) is 2.99. The van der Waals surface area contributed by atoms with Gasteiger partial charge in [0.1, 0.15) is 11.7 Å². The quantitative estimate of drug-likeness (QED) is 0.616. The molecule has 4 nitrogen and oxygen atoms in total. The van der Waals surface area contributed by atoms with Crippen LogP contribution in [0.15, 0.2) is 0 Å². The van der Waals surface area contributed by atoms with Crippen molar-refractivity contribution in [3.05, 3.63) is 16.4 Å². The minimum atomic E-state index is -0.285. The Labute approximate surface area is 106 Å².